The van der Waals surface area contributed by atoms with Gasteiger partial charge in [-0.15, -0.1) is 0 Å². The Balaban J connectivity index is 2.07. The average molecular weight is 297 g/mol. The van der Waals surface area contributed by atoms with Crippen LogP contribution in [0, 0.1) is 5.82 Å². The molecule has 0 saturated heterocycles. The molecule has 3 nitrogen and oxygen atoms in total. The third-order valence-electron chi connectivity index (χ3n) is 2.79. The van der Waals surface area contributed by atoms with Gasteiger partial charge in [0.05, 0.1) is 18.7 Å². The van der Waals surface area contributed by atoms with Crippen LogP contribution in [0.2, 0.25) is 5.02 Å². The molecule has 0 bridgehead atoms. The number of hydrogen-bond acceptors (Lipinski definition) is 3. The maximum atomic E-state index is 13.5. The Morgan fingerprint density at radius 2 is 1.80 bits per heavy atom. The minimum atomic E-state index is -0.435. The van der Waals surface area contributed by atoms with E-state index in [0.29, 0.717) is 21.9 Å². The van der Waals surface area contributed by atoms with Crippen molar-refractivity contribution in [2.75, 3.05) is 7.11 Å². The van der Waals surface area contributed by atoms with E-state index in [4.69, 9.17) is 26.2 Å². The fourth-order valence-electron chi connectivity index (χ4n) is 1.72. The van der Waals surface area contributed by atoms with E-state index in [0.717, 1.165) is 0 Å². The molecule has 5 heteroatoms. The molecule has 20 heavy (non-hydrogen) atoms. The van der Waals surface area contributed by atoms with Crippen molar-refractivity contribution in [2.45, 2.75) is 13.2 Å². The van der Waals surface area contributed by atoms with Crippen molar-refractivity contribution in [1.82, 2.24) is 0 Å². The van der Waals surface area contributed by atoms with Crippen LogP contribution in [0.15, 0.2) is 36.4 Å². The molecule has 0 unspecified atom stereocenters. The van der Waals surface area contributed by atoms with Gasteiger partial charge < -0.3 is 14.6 Å². The van der Waals surface area contributed by atoms with Crippen molar-refractivity contribution in [3.63, 3.8) is 0 Å². The van der Waals surface area contributed by atoms with Crippen molar-refractivity contribution >= 4 is 11.6 Å². The molecule has 2 aromatic carbocycles. The Bertz CT molecular complexity index is 602. The van der Waals surface area contributed by atoms with Gasteiger partial charge in [0.25, 0.3) is 0 Å². The zero-order valence-corrected chi connectivity index (χ0v) is 11.7. The lowest BCUT2D eigenvalue weighted by atomic mass is 10.2. The smallest absolute Gasteiger partial charge is 0.165 e. The molecule has 0 aromatic heterocycles. The minimum absolute atomic E-state index is 0.0797. The largest absolute Gasteiger partial charge is 0.494 e. The summed E-state index contributed by atoms with van der Waals surface area (Å²) in [6.07, 6.45) is 0. The molecule has 106 valence electrons. The van der Waals surface area contributed by atoms with Gasteiger partial charge in [0, 0.05) is 0 Å². The van der Waals surface area contributed by atoms with Gasteiger partial charge in [-0.2, -0.15) is 0 Å². The first-order valence-corrected chi connectivity index (χ1v) is 6.36. The topological polar surface area (TPSA) is 38.7 Å². The number of aliphatic hydroxyl groups excluding tert-OH is 1. The first kappa shape index (κ1) is 14.6. The Morgan fingerprint density at radius 1 is 1.10 bits per heavy atom. The van der Waals surface area contributed by atoms with Gasteiger partial charge in [0.2, 0.25) is 0 Å². The van der Waals surface area contributed by atoms with Gasteiger partial charge in [0.1, 0.15) is 12.4 Å². The van der Waals surface area contributed by atoms with Crippen molar-refractivity contribution < 1.29 is 19.0 Å². The monoisotopic (exact) mass is 296 g/mol. The van der Waals surface area contributed by atoms with Crippen molar-refractivity contribution in [3.8, 4) is 11.5 Å². The molecule has 2 rings (SSSR count). The lowest BCUT2D eigenvalue weighted by Crippen LogP contribution is -1.98. The zero-order chi connectivity index (χ0) is 14.5. The van der Waals surface area contributed by atoms with Crippen LogP contribution in [0.3, 0.4) is 0 Å². The molecule has 0 aliphatic heterocycles. The summed E-state index contributed by atoms with van der Waals surface area (Å²) in [5.41, 5.74) is 1.38. The van der Waals surface area contributed by atoms with Crippen LogP contribution in [0.1, 0.15) is 11.1 Å². The lowest BCUT2D eigenvalue weighted by Gasteiger charge is -2.10. The summed E-state index contributed by atoms with van der Waals surface area (Å²) in [6, 6.07) is 9.65. The Labute approximate surface area is 121 Å². The fraction of sp³-hybridized carbons (Fsp3) is 0.200. The molecule has 0 aliphatic rings. The summed E-state index contributed by atoms with van der Waals surface area (Å²) < 4.78 is 23.9. The highest BCUT2D eigenvalue weighted by atomic mass is 35.5. The number of ether oxygens (including phenoxy) is 2. The van der Waals surface area contributed by atoms with E-state index >= 15 is 0 Å². The zero-order valence-electron chi connectivity index (χ0n) is 10.9. The first-order valence-electron chi connectivity index (χ1n) is 5.98. The molecule has 0 amide bonds. The summed E-state index contributed by atoms with van der Waals surface area (Å²) in [4.78, 5) is 0. The quantitative estimate of drug-likeness (QED) is 0.917. The summed E-state index contributed by atoms with van der Waals surface area (Å²) in [5.74, 6) is 0.245. The number of rotatable bonds is 5. The number of halogens is 2. The van der Waals surface area contributed by atoms with Gasteiger partial charge in [-0.1, -0.05) is 23.7 Å². The highest BCUT2D eigenvalue weighted by molar-refractivity contribution is 6.32. The number of benzene rings is 2. The second kappa shape index (κ2) is 6.59. The molecule has 0 radical (unpaired) electrons. The molecule has 0 spiro atoms. The Kier molecular flexibility index (Phi) is 4.82. The van der Waals surface area contributed by atoms with Gasteiger partial charge in [-0.3, -0.25) is 0 Å². The average Bonchev–Trinajstić information content (AvgIpc) is 2.46. The van der Waals surface area contributed by atoms with E-state index in [1.54, 1.807) is 30.3 Å². The second-order valence-corrected chi connectivity index (χ2v) is 4.59. The molecule has 0 heterocycles. The number of aliphatic hydroxyl groups is 1. The highest BCUT2D eigenvalue weighted by Gasteiger charge is 2.06. The summed E-state index contributed by atoms with van der Waals surface area (Å²) in [5, 5.41) is 9.40. The van der Waals surface area contributed by atoms with Crippen LogP contribution in [-0.4, -0.2) is 12.2 Å². The van der Waals surface area contributed by atoms with Crippen LogP contribution < -0.4 is 9.47 Å². The standard InChI is InChI=1S/C15H14ClFO3/c1-19-15-5-3-11(7-13(15)17)9-20-14-4-2-10(8-18)6-12(14)16/h2-7,18H,8-9H2,1H3. The van der Waals surface area contributed by atoms with Crippen LogP contribution in [-0.2, 0) is 13.2 Å². The number of hydrogen-bond donors (Lipinski definition) is 1. The van der Waals surface area contributed by atoms with Crippen molar-refractivity contribution in [1.29, 1.82) is 0 Å². The molecule has 0 aliphatic carbocycles. The highest BCUT2D eigenvalue weighted by Crippen LogP contribution is 2.27. The molecular formula is C15H14ClFO3. The van der Waals surface area contributed by atoms with Gasteiger partial charge in [0.15, 0.2) is 11.6 Å². The fourth-order valence-corrected chi connectivity index (χ4v) is 1.98. The molecule has 0 fully saturated rings. The van der Waals surface area contributed by atoms with E-state index in [-0.39, 0.29) is 19.0 Å². The van der Waals surface area contributed by atoms with E-state index in [1.165, 1.54) is 13.2 Å². The van der Waals surface area contributed by atoms with E-state index in [1.807, 2.05) is 0 Å². The lowest BCUT2D eigenvalue weighted by molar-refractivity contribution is 0.280. The summed E-state index contributed by atoms with van der Waals surface area (Å²) >= 11 is 6.02. The minimum Gasteiger partial charge on any atom is -0.494 e. The molecular weight excluding hydrogens is 283 g/mol. The normalized spacial score (nSPS) is 10.4. The maximum Gasteiger partial charge on any atom is 0.165 e. The van der Waals surface area contributed by atoms with Crippen LogP contribution >= 0.6 is 11.6 Å². The Hall–Kier alpha value is -1.78. The van der Waals surface area contributed by atoms with E-state index < -0.39 is 5.82 Å². The third kappa shape index (κ3) is 3.40. The second-order valence-electron chi connectivity index (χ2n) is 4.18. The number of methoxy groups -OCH3 is 1. The molecule has 0 atom stereocenters. The van der Waals surface area contributed by atoms with Crippen LogP contribution in [0.25, 0.3) is 0 Å². The summed E-state index contributed by atoms with van der Waals surface area (Å²) in [7, 11) is 1.41. The van der Waals surface area contributed by atoms with Crippen molar-refractivity contribution in [2.24, 2.45) is 0 Å². The molecule has 1 N–H and O–H groups in total. The van der Waals surface area contributed by atoms with Crippen molar-refractivity contribution in [3.05, 3.63) is 58.4 Å². The van der Waals surface area contributed by atoms with Crippen LogP contribution in [0.5, 0.6) is 11.5 Å². The predicted molar refractivity (Wildman–Crippen MR) is 74.7 cm³/mol. The molecule has 0 saturated carbocycles. The predicted octanol–water partition coefficient (Wildman–Crippen LogP) is 3.56. The van der Waals surface area contributed by atoms with Gasteiger partial charge >= 0.3 is 0 Å². The van der Waals surface area contributed by atoms with E-state index in [9.17, 15) is 4.39 Å². The first-order chi connectivity index (χ1) is 9.63. The third-order valence-corrected chi connectivity index (χ3v) is 3.08. The maximum absolute atomic E-state index is 13.5. The Morgan fingerprint density at radius 3 is 2.40 bits per heavy atom. The molecule has 2 aromatic rings. The van der Waals surface area contributed by atoms with Crippen LogP contribution in [0.4, 0.5) is 4.39 Å². The van der Waals surface area contributed by atoms with Gasteiger partial charge in [-0.25, -0.2) is 4.39 Å². The van der Waals surface area contributed by atoms with E-state index in [2.05, 4.69) is 0 Å². The summed E-state index contributed by atoms with van der Waals surface area (Å²) in [6.45, 7) is 0.114. The van der Waals surface area contributed by atoms with Gasteiger partial charge in [-0.05, 0) is 35.4 Å². The SMILES string of the molecule is COc1ccc(COc2ccc(CO)cc2Cl)cc1F.